The Morgan fingerprint density at radius 1 is 1.07 bits per heavy atom. The molecule has 5 nitrogen and oxygen atoms in total. The largest absolute Gasteiger partial charge is 0.493 e. The van der Waals surface area contributed by atoms with Gasteiger partial charge in [-0.25, -0.2) is 0 Å². The van der Waals surface area contributed by atoms with E-state index in [1.165, 1.54) is 0 Å². The van der Waals surface area contributed by atoms with Crippen LogP contribution in [0.25, 0.3) is 0 Å². The lowest BCUT2D eigenvalue weighted by atomic mass is 9.61. The van der Waals surface area contributed by atoms with Gasteiger partial charge in [-0.05, 0) is 80.0 Å². The van der Waals surface area contributed by atoms with E-state index in [4.69, 9.17) is 4.74 Å². The first kappa shape index (κ1) is 19.0. The van der Waals surface area contributed by atoms with Crippen LogP contribution in [0.15, 0.2) is 18.2 Å². The molecule has 156 valence electrons. The summed E-state index contributed by atoms with van der Waals surface area (Å²) >= 11 is 0. The summed E-state index contributed by atoms with van der Waals surface area (Å²) in [5.41, 5.74) is 1.91. The number of likely N-dealkylation sites (tertiary alicyclic amines) is 2. The molecule has 2 amide bonds. The Bertz CT molecular complexity index is 799. The fraction of sp³-hybridized carbons (Fsp3) is 0.667. The molecular formula is C24H32N2O3. The summed E-state index contributed by atoms with van der Waals surface area (Å²) in [5.74, 6) is 3.21. The molecule has 1 aliphatic carbocycles. The van der Waals surface area contributed by atoms with Gasteiger partial charge in [0.15, 0.2) is 0 Å². The molecule has 3 aliphatic heterocycles. The average Bonchev–Trinajstić information content (AvgIpc) is 2.74. The van der Waals surface area contributed by atoms with Gasteiger partial charge < -0.3 is 14.5 Å². The molecule has 3 fully saturated rings. The minimum Gasteiger partial charge on any atom is -0.493 e. The molecule has 5 heteroatoms. The number of carbonyl (C=O) groups is 2. The fourth-order valence-corrected chi connectivity index (χ4v) is 5.69. The van der Waals surface area contributed by atoms with Crippen molar-refractivity contribution in [1.82, 2.24) is 9.80 Å². The highest BCUT2D eigenvalue weighted by molar-refractivity contribution is 5.95. The monoisotopic (exact) mass is 396 g/mol. The summed E-state index contributed by atoms with van der Waals surface area (Å²) in [7, 11) is 0. The Hall–Kier alpha value is -2.04. The van der Waals surface area contributed by atoms with Crippen LogP contribution in [0, 0.1) is 23.7 Å². The maximum Gasteiger partial charge on any atom is 0.253 e. The zero-order valence-electron chi connectivity index (χ0n) is 17.4. The maximum absolute atomic E-state index is 13.2. The number of rotatable bonds is 2. The molecular weight excluding hydrogens is 364 g/mol. The van der Waals surface area contributed by atoms with Gasteiger partial charge in [-0.3, -0.25) is 9.59 Å². The summed E-state index contributed by atoms with van der Waals surface area (Å²) in [5, 5.41) is 0. The molecule has 1 saturated carbocycles. The molecule has 5 rings (SSSR count). The molecule has 4 aliphatic rings. The van der Waals surface area contributed by atoms with E-state index in [0.717, 1.165) is 94.1 Å². The predicted molar refractivity (Wildman–Crippen MR) is 111 cm³/mol. The van der Waals surface area contributed by atoms with E-state index in [9.17, 15) is 9.59 Å². The number of benzene rings is 1. The van der Waals surface area contributed by atoms with Gasteiger partial charge in [-0.1, -0.05) is 6.92 Å². The van der Waals surface area contributed by atoms with Crippen molar-refractivity contribution in [2.24, 2.45) is 23.7 Å². The number of hydrogen-bond donors (Lipinski definition) is 0. The van der Waals surface area contributed by atoms with Gasteiger partial charge in [-0.15, -0.1) is 0 Å². The van der Waals surface area contributed by atoms with Crippen molar-refractivity contribution in [3.63, 3.8) is 0 Å². The lowest BCUT2D eigenvalue weighted by Gasteiger charge is -2.51. The quantitative estimate of drug-likeness (QED) is 0.770. The summed E-state index contributed by atoms with van der Waals surface area (Å²) in [4.78, 5) is 30.3. The summed E-state index contributed by atoms with van der Waals surface area (Å²) < 4.78 is 5.68. The third kappa shape index (κ3) is 3.53. The third-order valence-electron chi connectivity index (χ3n) is 7.74. The van der Waals surface area contributed by atoms with E-state index in [2.05, 4.69) is 11.8 Å². The van der Waals surface area contributed by atoms with Gasteiger partial charge in [0.05, 0.1) is 6.61 Å². The Morgan fingerprint density at radius 2 is 1.86 bits per heavy atom. The molecule has 3 atom stereocenters. The topological polar surface area (TPSA) is 49.9 Å². The first-order valence-electron chi connectivity index (χ1n) is 11.4. The SMILES string of the molecule is CC1CCN(C(=O)[C@@H]2C[C@H]3CCN(C(=O)c4ccc5c(c4)CCCO5)C[C@H]32)CC1. The number of piperidine rings is 2. The highest BCUT2D eigenvalue weighted by Gasteiger charge is 2.49. The number of fused-ring (bicyclic) bond motifs is 2. The normalized spacial score (nSPS) is 29.3. The van der Waals surface area contributed by atoms with Crippen LogP contribution in [0.2, 0.25) is 0 Å². The number of aryl methyl sites for hydroxylation is 1. The van der Waals surface area contributed by atoms with E-state index in [1.54, 1.807) is 0 Å². The first-order valence-corrected chi connectivity index (χ1v) is 11.4. The molecule has 0 N–H and O–H groups in total. The van der Waals surface area contributed by atoms with E-state index in [0.29, 0.717) is 17.7 Å². The Kier molecular flexibility index (Phi) is 5.00. The molecule has 1 aromatic carbocycles. The van der Waals surface area contributed by atoms with Crippen molar-refractivity contribution >= 4 is 11.8 Å². The van der Waals surface area contributed by atoms with Crippen LogP contribution in [-0.2, 0) is 11.2 Å². The van der Waals surface area contributed by atoms with Gasteiger partial charge in [0.1, 0.15) is 5.75 Å². The zero-order chi connectivity index (χ0) is 20.0. The summed E-state index contributed by atoms with van der Waals surface area (Å²) in [6.07, 6.45) is 6.29. The molecule has 0 unspecified atom stereocenters. The second-order valence-corrected chi connectivity index (χ2v) is 9.59. The second-order valence-electron chi connectivity index (χ2n) is 9.59. The van der Waals surface area contributed by atoms with Crippen LogP contribution in [0.4, 0.5) is 0 Å². The minimum absolute atomic E-state index is 0.113. The van der Waals surface area contributed by atoms with Crippen LogP contribution in [0.1, 0.15) is 54.9 Å². The smallest absolute Gasteiger partial charge is 0.253 e. The predicted octanol–water partition coefficient (Wildman–Crippen LogP) is 3.37. The molecule has 0 radical (unpaired) electrons. The molecule has 3 heterocycles. The van der Waals surface area contributed by atoms with Crippen LogP contribution in [-0.4, -0.2) is 54.4 Å². The minimum atomic E-state index is 0.113. The molecule has 0 bridgehead atoms. The number of amides is 2. The van der Waals surface area contributed by atoms with Gasteiger partial charge in [0, 0.05) is 37.7 Å². The van der Waals surface area contributed by atoms with Crippen LogP contribution in [0.3, 0.4) is 0 Å². The maximum atomic E-state index is 13.2. The number of hydrogen-bond acceptors (Lipinski definition) is 3. The summed E-state index contributed by atoms with van der Waals surface area (Å²) in [6, 6.07) is 5.86. The number of carbonyl (C=O) groups excluding carboxylic acids is 2. The second kappa shape index (κ2) is 7.66. The average molecular weight is 397 g/mol. The van der Waals surface area contributed by atoms with Crippen molar-refractivity contribution in [1.29, 1.82) is 0 Å². The fourth-order valence-electron chi connectivity index (χ4n) is 5.69. The molecule has 0 aromatic heterocycles. The number of ether oxygens (including phenoxy) is 1. The van der Waals surface area contributed by atoms with E-state index >= 15 is 0 Å². The lowest BCUT2D eigenvalue weighted by molar-refractivity contribution is -0.148. The van der Waals surface area contributed by atoms with Gasteiger partial charge in [-0.2, -0.15) is 0 Å². The Morgan fingerprint density at radius 3 is 2.69 bits per heavy atom. The van der Waals surface area contributed by atoms with E-state index in [-0.39, 0.29) is 11.8 Å². The number of nitrogens with zero attached hydrogens (tertiary/aromatic N) is 2. The van der Waals surface area contributed by atoms with Crippen molar-refractivity contribution in [2.75, 3.05) is 32.8 Å². The molecule has 1 aromatic rings. The highest BCUT2D eigenvalue weighted by Crippen LogP contribution is 2.47. The van der Waals surface area contributed by atoms with Gasteiger partial charge in [0.25, 0.3) is 5.91 Å². The Balaban J connectivity index is 1.24. The zero-order valence-corrected chi connectivity index (χ0v) is 17.4. The Labute approximate surface area is 173 Å². The molecule has 2 saturated heterocycles. The van der Waals surface area contributed by atoms with Crippen LogP contribution < -0.4 is 4.74 Å². The highest BCUT2D eigenvalue weighted by atomic mass is 16.5. The van der Waals surface area contributed by atoms with Crippen molar-refractivity contribution < 1.29 is 14.3 Å². The molecule has 29 heavy (non-hydrogen) atoms. The standard InChI is InChI=1S/C24H32N2O3/c1-16-6-9-25(10-7-16)24(28)20-14-17-8-11-26(15-21(17)20)23(27)19-4-5-22-18(13-19)3-2-12-29-22/h4-5,13,16-17,20-21H,2-3,6-12,14-15H2,1H3/t17-,20-,21-/m1/s1. The van der Waals surface area contributed by atoms with Crippen LogP contribution >= 0.6 is 0 Å². The van der Waals surface area contributed by atoms with Gasteiger partial charge >= 0.3 is 0 Å². The van der Waals surface area contributed by atoms with Crippen molar-refractivity contribution in [2.45, 2.75) is 45.4 Å². The van der Waals surface area contributed by atoms with Crippen molar-refractivity contribution in [3.05, 3.63) is 29.3 Å². The molecule has 0 spiro atoms. The van der Waals surface area contributed by atoms with E-state index in [1.807, 2.05) is 23.1 Å². The third-order valence-corrected chi connectivity index (χ3v) is 7.74. The lowest BCUT2D eigenvalue weighted by Crippen LogP contribution is -2.57. The first-order chi connectivity index (χ1) is 14.1. The summed E-state index contributed by atoms with van der Waals surface area (Å²) in [6.45, 7) is 6.41. The van der Waals surface area contributed by atoms with Gasteiger partial charge in [0.2, 0.25) is 5.91 Å². The van der Waals surface area contributed by atoms with Crippen molar-refractivity contribution in [3.8, 4) is 5.75 Å². The van der Waals surface area contributed by atoms with E-state index < -0.39 is 0 Å². The van der Waals surface area contributed by atoms with Crippen LogP contribution in [0.5, 0.6) is 5.75 Å².